The fraction of sp³-hybridized carbons (Fsp3) is 0.889. The molecule has 4 heteroatoms. The van der Waals surface area contributed by atoms with Gasteiger partial charge in [0.15, 0.2) is 0 Å². The zero-order valence-electron chi connectivity index (χ0n) is 8.26. The second-order valence-electron chi connectivity index (χ2n) is 4.00. The topological polar surface area (TPSA) is 38.3 Å². The molecule has 1 aliphatic rings. The standard InChI is InChI=1S/C9H16INO2/c1-6(10)8(12)13-9(2,3)7-4-11-5-7/h6-7,11H,4-5H2,1-3H3. The van der Waals surface area contributed by atoms with Crippen molar-refractivity contribution in [3.05, 3.63) is 0 Å². The lowest BCUT2D eigenvalue weighted by Crippen LogP contribution is -2.55. The largest absolute Gasteiger partial charge is 0.458 e. The van der Waals surface area contributed by atoms with Crippen LogP contribution in [0.3, 0.4) is 0 Å². The lowest BCUT2D eigenvalue weighted by atomic mass is 9.86. The lowest BCUT2D eigenvalue weighted by molar-refractivity contribution is -0.162. The van der Waals surface area contributed by atoms with E-state index >= 15 is 0 Å². The average Bonchev–Trinajstić information content (AvgIpc) is 1.79. The Morgan fingerprint density at radius 1 is 1.62 bits per heavy atom. The Bertz CT molecular complexity index is 200. The first-order chi connectivity index (χ1) is 5.93. The van der Waals surface area contributed by atoms with Gasteiger partial charge in [0.25, 0.3) is 0 Å². The van der Waals surface area contributed by atoms with E-state index in [1.54, 1.807) is 0 Å². The molecule has 0 amide bonds. The molecule has 1 heterocycles. The van der Waals surface area contributed by atoms with E-state index in [-0.39, 0.29) is 15.5 Å². The highest BCUT2D eigenvalue weighted by atomic mass is 127. The summed E-state index contributed by atoms with van der Waals surface area (Å²) in [7, 11) is 0. The zero-order chi connectivity index (χ0) is 10.1. The third kappa shape index (κ3) is 2.80. The molecule has 1 saturated heterocycles. The van der Waals surface area contributed by atoms with Crippen LogP contribution in [0.15, 0.2) is 0 Å². The smallest absolute Gasteiger partial charge is 0.319 e. The minimum absolute atomic E-state index is 0.0649. The second-order valence-corrected chi connectivity index (χ2v) is 5.86. The van der Waals surface area contributed by atoms with Gasteiger partial charge in [-0.25, -0.2) is 0 Å². The van der Waals surface area contributed by atoms with Crippen molar-refractivity contribution in [3.63, 3.8) is 0 Å². The van der Waals surface area contributed by atoms with Crippen LogP contribution in [-0.4, -0.2) is 28.6 Å². The van der Waals surface area contributed by atoms with Crippen molar-refractivity contribution >= 4 is 28.6 Å². The van der Waals surface area contributed by atoms with Gasteiger partial charge in [-0.1, -0.05) is 22.6 Å². The van der Waals surface area contributed by atoms with Crippen LogP contribution in [0.4, 0.5) is 0 Å². The van der Waals surface area contributed by atoms with Gasteiger partial charge in [0.2, 0.25) is 0 Å². The Balaban J connectivity index is 2.45. The Morgan fingerprint density at radius 3 is 2.46 bits per heavy atom. The van der Waals surface area contributed by atoms with E-state index in [0.29, 0.717) is 5.92 Å². The molecule has 76 valence electrons. The third-order valence-corrected chi connectivity index (χ3v) is 2.96. The molecule has 1 unspecified atom stereocenters. The predicted octanol–water partition coefficient (Wildman–Crippen LogP) is 1.35. The molecule has 1 N–H and O–H groups in total. The van der Waals surface area contributed by atoms with E-state index in [4.69, 9.17) is 4.74 Å². The summed E-state index contributed by atoms with van der Waals surface area (Å²) >= 11 is 2.07. The summed E-state index contributed by atoms with van der Waals surface area (Å²) < 4.78 is 5.35. The SMILES string of the molecule is CC(I)C(=O)OC(C)(C)C1CNC1. The molecule has 1 aliphatic heterocycles. The summed E-state index contributed by atoms with van der Waals surface area (Å²) in [5, 5.41) is 3.18. The van der Waals surface area contributed by atoms with Gasteiger partial charge in [-0.3, -0.25) is 4.79 Å². The van der Waals surface area contributed by atoms with Gasteiger partial charge in [-0.05, 0) is 20.8 Å². The van der Waals surface area contributed by atoms with E-state index in [9.17, 15) is 4.79 Å². The molecule has 1 atom stereocenters. The summed E-state index contributed by atoms with van der Waals surface area (Å²) in [5.74, 6) is 0.351. The van der Waals surface area contributed by atoms with Crippen LogP contribution in [0, 0.1) is 5.92 Å². The van der Waals surface area contributed by atoms with Gasteiger partial charge in [0.1, 0.15) is 9.53 Å². The number of ether oxygens (including phenoxy) is 1. The number of carbonyl (C=O) groups is 1. The lowest BCUT2D eigenvalue weighted by Gasteiger charge is -2.40. The molecular weight excluding hydrogens is 281 g/mol. The fourth-order valence-corrected chi connectivity index (χ4v) is 1.33. The highest BCUT2D eigenvalue weighted by Gasteiger charge is 2.37. The molecule has 13 heavy (non-hydrogen) atoms. The Kier molecular flexibility index (Phi) is 3.57. The van der Waals surface area contributed by atoms with Crippen molar-refractivity contribution in [2.75, 3.05) is 13.1 Å². The van der Waals surface area contributed by atoms with Crippen LogP contribution in [-0.2, 0) is 9.53 Å². The second kappa shape index (κ2) is 4.13. The molecule has 1 rings (SSSR count). The first-order valence-corrected chi connectivity index (χ1v) is 5.75. The van der Waals surface area contributed by atoms with Crippen LogP contribution >= 0.6 is 22.6 Å². The molecule has 3 nitrogen and oxygen atoms in total. The monoisotopic (exact) mass is 297 g/mol. The van der Waals surface area contributed by atoms with Gasteiger partial charge >= 0.3 is 5.97 Å². The zero-order valence-corrected chi connectivity index (χ0v) is 10.4. The Labute approximate surface area is 92.7 Å². The maximum Gasteiger partial charge on any atom is 0.319 e. The van der Waals surface area contributed by atoms with E-state index < -0.39 is 0 Å². The van der Waals surface area contributed by atoms with E-state index in [1.807, 2.05) is 20.8 Å². The summed E-state index contributed by atoms with van der Waals surface area (Å²) in [6.45, 7) is 7.72. The normalized spacial score (nSPS) is 20.6. The highest BCUT2D eigenvalue weighted by Crippen LogP contribution is 2.25. The van der Waals surface area contributed by atoms with E-state index in [0.717, 1.165) is 13.1 Å². The van der Waals surface area contributed by atoms with Crippen LogP contribution in [0.25, 0.3) is 0 Å². The Hall–Kier alpha value is 0.160. The number of hydrogen-bond acceptors (Lipinski definition) is 3. The minimum Gasteiger partial charge on any atom is -0.458 e. The number of esters is 1. The van der Waals surface area contributed by atoms with Crippen molar-refractivity contribution in [2.24, 2.45) is 5.92 Å². The number of halogens is 1. The van der Waals surface area contributed by atoms with Crippen LogP contribution in [0.1, 0.15) is 20.8 Å². The quantitative estimate of drug-likeness (QED) is 0.485. The molecule has 0 radical (unpaired) electrons. The van der Waals surface area contributed by atoms with Crippen molar-refractivity contribution in [3.8, 4) is 0 Å². The molecule has 0 aromatic rings. The number of rotatable bonds is 3. The maximum atomic E-state index is 11.4. The molecule has 0 aromatic heterocycles. The van der Waals surface area contributed by atoms with Gasteiger partial charge in [-0.2, -0.15) is 0 Å². The first kappa shape index (κ1) is 11.2. The number of carbonyl (C=O) groups excluding carboxylic acids is 1. The Morgan fingerprint density at radius 2 is 2.15 bits per heavy atom. The van der Waals surface area contributed by atoms with E-state index in [2.05, 4.69) is 27.9 Å². The van der Waals surface area contributed by atoms with Crippen molar-refractivity contribution in [2.45, 2.75) is 30.3 Å². The summed E-state index contributed by atoms with van der Waals surface area (Å²) in [6, 6.07) is 0. The third-order valence-electron chi connectivity index (χ3n) is 2.45. The van der Waals surface area contributed by atoms with Gasteiger partial charge < -0.3 is 10.1 Å². The summed E-state index contributed by atoms with van der Waals surface area (Å²) in [6.07, 6.45) is 0. The fourth-order valence-electron chi connectivity index (χ4n) is 1.20. The molecular formula is C9H16INO2. The summed E-state index contributed by atoms with van der Waals surface area (Å²) in [5.41, 5.74) is -0.318. The van der Waals surface area contributed by atoms with Crippen LogP contribution in [0.5, 0.6) is 0 Å². The van der Waals surface area contributed by atoms with Crippen molar-refractivity contribution < 1.29 is 9.53 Å². The van der Waals surface area contributed by atoms with Gasteiger partial charge in [0.05, 0.1) is 0 Å². The van der Waals surface area contributed by atoms with E-state index in [1.165, 1.54) is 0 Å². The number of nitrogens with one attached hydrogen (secondary N) is 1. The molecule has 0 bridgehead atoms. The molecule has 0 aromatic carbocycles. The van der Waals surface area contributed by atoms with Crippen LogP contribution in [0.2, 0.25) is 0 Å². The molecule has 0 spiro atoms. The predicted molar refractivity (Wildman–Crippen MR) is 60.0 cm³/mol. The van der Waals surface area contributed by atoms with Crippen LogP contribution < -0.4 is 5.32 Å². The van der Waals surface area contributed by atoms with Crippen molar-refractivity contribution in [1.82, 2.24) is 5.32 Å². The molecule has 0 saturated carbocycles. The first-order valence-electron chi connectivity index (χ1n) is 4.51. The maximum absolute atomic E-state index is 11.4. The number of hydrogen-bond donors (Lipinski definition) is 1. The summed E-state index contributed by atoms with van der Waals surface area (Å²) in [4.78, 5) is 11.4. The van der Waals surface area contributed by atoms with Gasteiger partial charge in [-0.15, -0.1) is 0 Å². The minimum atomic E-state index is -0.318. The molecule has 0 aliphatic carbocycles. The van der Waals surface area contributed by atoms with Crippen molar-refractivity contribution in [1.29, 1.82) is 0 Å². The average molecular weight is 297 g/mol. The highest BCUT2D eigenvalue weighted by molar-refractivity contribution is 14.1. The van der Waals surface area contributed by atoms with Gasteiger partial charge in [0, 0.05) is 19.0 Å². The molecule has 1 fully saturated rings. The number of alkyl halides is 1.